The summed E-state index contributed by atoms with van der Waals surface area (Å²) in [7, 11) is 1.58. The molecule has 0 unspecified atom stereocenters. The maximum absolute atomic E-state index is 14.3. The molecule has 0 saturated carbocycles. The van der Waals surface area contributed by atoms with Crippen LogP contribution in [0.3, 0.4) is 0 Å². The molecule has 0 aromatic heterocycles. The van der Waals surface area contributed by atoms with Gasteiger partial charge in [-0.3, -0.25) is 9.59 Å². The third-order valence-electron chi connectivity index (χ3n) is 7.51. The fourth-order valence-electron chi connectivity index (χ4n) is 5.45. The average molecular weight is 599 g/mol. The fourth-order valence-corrected chi connectivity index (χ4v) is 5.45. The van der Waals surface area contributed by atoms with E-state index in [1.807, 2.05) is 147 Å². The van der Waals surface area contributed by atoms with Gasteiger partial charge in [-0.15, -0.1) is 0 Å². The van der Waals surface area contributed by atoms with Crippen molar-refractivity contribution in [2.75, 3.05) is 7.11 Å². The van der Waals surface area contributed by atoms with E-state index >= 15 is 0 Å². The Hall–Kier alpha value is -5.36. The zero-order chi connectivity index (χ0) is 31.6. The molecule has 0 bridgehead atoms. The van der Waals surface area contributed by atoms with E-state index in [0.29, 0.717) is 17.1 Å². The van der Waals surface area contributed by atoms with Crippen LogP contribution in [-0.4, -0.2) is 25.0 Å². The van der Waals surface area contributed by atoms with Crippen LogP contribution in [0.4, 0.5) is 0 Å². The first-order chi connectivity index (χ1) is 21.9. The quantitative estimate of drug-likeness (QED) is 0.147. The Morgan fingerprint density at radius 1 is 0.511 bits per heavy atom. The van der Waals surface area contributed by atoms with Gasteiger partial charge in [0.25, 0.3) is 0 Å². The van der Waals surface area contributed by atoms with Gasteiger partial charge in [0.15, 0.2) is 11.5 Å². The second kappa shape index (κ2) is 14.9. The van der Waals surface area contributed by atoms with E-state index in [9.17, 15) is 9.59 Å². The lowest BCUT2D eigenvalue weighted by Crippen LogP contribution is -2.44. The van der Waals surface area contributed by atoms with Gasteiger partial charge in [-0.05, 0) is 53.8 Å². The summed E-state index contributed by atoms with van der Waals surface area (Å²) in [6.07, 6.45) is -0.992. The summed E-state index contributed by atoms with van der Waals surface area (Å²) < 4.78 is 11.6. The van der Waals surface area contributed by atoms with Gasteiger partial charge in [0.1, 0.15) is 6.17 Å². The highest BCUT2D eigenvalue weighted by Crippen LogP contribution is 2.33. The number of hydrogen-bond acceptors (Lipinski definition) is 4. The van der Waals surface area contributed by atoms with Gasteiger partial charge in [0.2, 0.25) is 11.8 Å². The number of methoxy groups -OCH3 is 1. The monoisotopic (exact) mass is 598 g/mol. The summed E-state index contributed by atoms with van der Waals surface area (Å²) in [6, 6.07) is 44.0. The van der Waals surface area contributed by atoms with Crippen molar-refractivity contribution in [2.45, 2.75) is 38.0 Å². The minimum absolute atomic E-state index is 0.113. The molecule has 5 aromatic carbocycles. The third-order valence-corrected chi connectivity index (χ3v) is 7.51. The number of rotatable bonds is 12. The van der Waals surface area contributed by atoms with Crippen LogP contribution in [0.2, 0.25) is 0 Å². The van der Waals surface area contributed by atoms with Crippen LogP contribution in [0, 0.1) is 0 Å². The van der Waals surface area contributed by atoms with Crippen molar-refractivity contribution < 1.29 is 19.1 Å². The molecule has 0 aliphatic rings. The number of amides is 2. The third kappa shape index (κ3) is 7.78. The highest BCUT2D eigenvalue weighted by Gasteiger charge is 2.30. The molecule has 2 amide bonds. The van der Waals surface area contributed by atoms with E-state index in [4.69, 9.17) is 9.47 Å². The summed E-state index contributed by atoms with van der Waals surface area (Å²) in [5.74, 6) is -0.636. The lowest BCUT2D eigenvalue weighted by Gasteiger charge is -2.27. The van der Waals surface area contributed by atoms with E-state index < -0.39 is 18.0 Å². The molecule has 2 N–H and O–H groups in total. The molecule has 0 aliphatic heterocycles. The summed E-state index contributed by atoms with van der Waals surface area (Å²) in [5, 5.41) is 6.34. The number of carbonyl (C=O) groups is 2. The second-order valence-electron chi connectivity index (χ2n) is 11.0. The molecular weight excluding hydrogens is 560 g/mol. The molecule has 5 rings (SSSR count). The van der Waals surface area contributed by atoms with E-state index in [2.05, 4.69) is 10.6 Å². The molecule has 0 saturated heterocycles. The lowest BCUT2D eigenvalue weighted by molar-refractivity contribution is -0.125. The van der Waals surface area contributed by atoms with Gasteiger partial charge in [-0.2, -0.15) is 0 Å². The van der Waals surface area contributed by atoms with Gasteiger partial charge < -0.3 is 20.1 Å². The normalized spacial score (nSPS) is 11.1. The summed E-state index contributed by atoms with van der Waals surface area (Å²) in [6.45, 7) is 3.86. The zero-order valence-corrected chi connectivity index (χ0v) is 25.7. The van der Waals surface area contributed by atoms with Crippen molar-refractivity contribution in [3.8, 4) is 11.5 Å². The maximum atomic E-state index is 14.3. The molecule has 0 fully saturated rings. The van der Waals surface area contributed by atoms with Crippen molar-refractivity contribution in [1.82, 2.24) is 10.6 Å². The topological polar surface area (TPSA) is 76.7 Å². The van der Waals surface area contributed by atoms with Gasteiger partial charge in [0, 0.05) is 0 Å². The van der Waals surface area contributed by atoms with E-state index in [1.54, 1.807) is 13.2 Å². The van der Waals surface area contributed by atoms with E-state index in [0.717, 1.165) is 22.3 Å². The molecule has 5 aromatic rings. The predicted octanol–water partition coefficient (Wildman–Crippen LogP) is 7.38. The molecule has 228 valence electrons. The Balaban J connectivity index is 1.56. The molecule has 0 heterocycles. The molecular formula is C39H38N2O4. The first kappa shape index (κ1) is 31.1. The number of ether oxygens (including phenoxy) is 2. The first-order valence-corrected chi connectivity index (χ1v) is 15.1. The Labute approximate surface area is 265 Å². The fraction of sp³-hybridized carbons (Fsp3) is 0.179. The number of nitrogens with one attached hydrogen (secondary N) is 2. The predicted molar refractivity (Wildman–Crippen MR) is 177 cm³/mol. The Morgan fingerprint density at radius 2 is 0.889 bits per heavy atom. The molecule has 0 aliphatic carbocycles. The first-order valence-electron chi connectivity index (χ1n) is 15.1. The summed E-state index contributed by atoms with van der Waals surface area (Å²) in [5.41, 5.74) is 4.02. The van der Waals surface area contributed by atoms with Crippen LogP contribution in [-0.2, 0) is 9.59 Å². The average Bonchev–Trinajstić information content (AvgIpc) is 3.06. The number of benzene rings is 5. The van der Waals surface area contributed by atoms with Crippen molar-refractivity contribution in [3.05, 3.63) is 167 Å². The van der Waals surface area contributed by atoms with Crippen LogP contribution in [0.5, 0.6) is 11.5 Å². The van der Waals surface area contributed by atoms with Crippen LogP contribution >= 0.6 is 0 Å². The zero-order valence-electron chi connectivity index (χ0n) is 25.7. The van der Waals surface area contributed by atoms with Gasteiger partial charge in [-0.25, -0.2) is 0 Å². The summed E-state index contributed by atoms with van der Waals surface area (Å²) >= 11 is 0. The standard InChI is InChI=1S/C39H38N2O4/c1-27(2)45-34-26-32(24-25-33(34)44-3)37(40-38(42)35(28-16-8-4-9-17-28)29-18-10-5-11-19-29)41-39(43)36(30-20-12-6-13-21-30)31-22-14-7-15-23-31/h4-27,35-37H,1-3H3,(H,40,42)(H,41,43). The van der Waals surface area contributed by atoms with Crippen LogP contribution in [0.1, 0.15) is 59.7 Å². The highest BCUT2D eigenvalue weighted by molar-refractivity contribution is 5.90. The number of hydrogen-bond donors (Lipinski definition) is 2. The van der Waals surface area contributed by atoms with Crippen molar-refractivity contribution in [3.63, 3.8) is 0 Å². The van der Waals surface area contributed by atoms with Crippen molar-refractivity contribution in [2.24, 2.45) is 0 Å². The minimum atomic E-state index is -0.879. The smallest absolute Gasteiger partial charge is 0.233 e. The minimum Gasteiger partial charge on any atom is -0.493 e. The van der Waals surface area contributed by atoms with Crippen molar-refractivity contribution >= 4 is 11.8 Å². The molecule has 0 spiro atoms. The molecule has 6 nitrogen and oxygen atoms in total. The molecule has 6 heteroatoms. The SMILES string of the molecule is COc1ccc(C(NC(=O)C(c2ccccc2)c2ccccc2)NC(=O)C(c2ccccc2)c2ccccc2)cc1OC(C)C. The maximum Gasteiger partial charge on any atom is 0.233 e. The van der Waals surface area contributed by atoms with Gasteiger partial charge in [-0.1, -0.05) is 127 Å². The van der Waals surface area contributed by atoms with Crippen molar-refractivity contribution in [1.29, 1.82) is 0 Å². The van der Waals surface area contributed by atoms with Crippen LogP contribution in [0.25, 0.3) is 0 Å². The van der Waals surface area contributed by atoms with Gasteiger partial charge >= 0.3 is 0 Å². The molecule has 0 radical (unpaired) electrons. The lowest BCUT2D eigenvalue weighted by atomic mass is 9.89. The second-order valence-corrected chi connectivity index (χ2v) is 11.0. The Bertz CT molecular complexity index is 1500. The largest absolute Gasteiger partial charge is 0.493 e. The molecule has 45 heavy (non-hydrogen) atoms. The van der Waals surface area contributed by atoms with Gasteiger partial charge in [0.05, 0.1) is 25.0 Å². The Kier molecular flexibility index (Phi) is 10.3. The number of carbonyl (C=O) groups excluding carboxylic acids is 2. The van der Waals surface area contributed by atoms with Crippen LogP contribution < -0.4 is 20.1 Å². The van der Waals surface area contributed by atoms with E-state index in [1.165, 1.54) is 0 Å². The van der Waals surface area contributed by atoms with E-state index in [-0.39, 0.29) is 17.9 Å². The highest BCUT2D eigenvalue weighted by atomic mass is 16.5. The Morgan fingerprint density at radius 3 is 1.22 bits per heavy atom. The molecule has 0 atom stereocenters. The van der Waals surface area contributed by atoms with Crippen LogP contribution in [0.15, 0.2) is 140 Å². The summed E-state index contributed by atoms with van der Waals surface area (Å²) in [4.78, 5) is 28.6.